The van der Waals surface area contributed by atoms with E-state index in [9.17, 15) is 4.39 Å². The van der Waals surface area contributed by atoms with Crippen LogP contribution in [0, 0.1) is 5.82 Å². The lowest BCUT2D eigenvalue weighted by molar-refractivity contribution is 0.586. The van der Waals surface area contributed by atoms with Crippen LogP contribution < -0.4 is 5.32 Å². The number of hydrogen-bond donors (Lipinski definition) is 1. The maximum atomic E-state index is 13.7. The third-order valence-electron chi connectivity index (χ3n) is 3.09. The molecule has 0 bridgehead atoms. The highest BCUT2D eigenvalue weighted by Gasteiger charge is 2.18. The minimum absolute atomic E-state index is 0.105. The van der Waals surface area contributed by atoms with Gasteiger partial charge < -0.3 is 5.32 Å². The Kier molecular flexibility index (Phi) is 5.58. The van der Waals surface area contributed by atoms with Crippen molar-refractivity contribution in [3.8, 4) is 0 Å². The van der Waals surface area contributed by atoms with Gasteiger partial charge in [-0.15, -0.1) is 0 Å². The molecular formula is C16H16BrClFN. The first-order valence-corrected chi connectivity index (χ1v) is 7.73. The SMILES string of the molecule is CCCNC(c1ccc(Br)cc1)c1cccc(F)c1Cl. The zero-order chi connectivity index (χ0) is 14.5. The topological polar surface area (TPSA) is 12.0 Å². The molecule has 1 N–H and O–H groups in total. The van der Waals surface area contributed by atoms with Gasteiger partial charge in [0.15, 0.2) is 0 Å². The van der Waals surface area contributed by atoms with Gasteiger partial charge in [0.2, 0.25) is 0 Å². The van der Waals surface area contributed by atoms with Crippen molar-refractivity contribution in [2.24, 2.45) is 0 Å². The fourth-order valence-electron chi connectivity index (χ4n) is 2.09. The second-order valence-electron chi connectivity index (χ2n) is 4.58. The molecule has 0 saturated heterocycles. The van der Waals surface area contributed by atoms with Gasteiger partial charge in [-0.1, -0.05) is 58.7 Å². The molecular weight excluding hydrogens is 341 g/mol. The quantitative estimate of drug-likeness (QED) is 0.763. The van der Waals surface area contributed by atoms with Crippen molar-refractivity contribution in [2.45, 2.75) is 19.4 Å². The monoisotopic (exact) mass is 355 g/mol. The van der Waals surface area contributed by atoms with Crippen molar-refractivity contribution >= 4 is 27.5 Å². The van der Waals surface area contributed by atoms with Crippen molar-refractivity contribution in [3.63, 3.8) is 0 Å². The van der Waals surface area contributed by atoms with E-state index in [-0.39, 0.29) is 16.9 Å². The first kappa shape index (κ1) is 15.5. The molecule has 0 aromatic heterocycles. The van der Waals surface area contributed by atoms with Gasteiger partial charge in [-0.25, -0.2) is 4.39 Å². The van der Waals surface area contributed by atoms with Crippen LogP contribution in [0.5, 0.6) is 0 Å². The van der Waals surface area contributed by atoms with Crippen LogP contribution in [0.15, 0.2) is 46.9 Å². The van der Waals surface area contributed by atoms with E-state index in [1.807, 2.05) is 30.3 Å². The predicted molar refractivity (Wildman–Crippen MR) is 85.7 cm³/mol. The van der Waals surface area contributed by atoms with E-state index in [1.165, 1.54) is 6.07 Å². The molecule has 0 saturated carbocycles. The summed E-state index contributed by atoms with van der Waals surface area (Å²) in [4.78, 5) is 0. The average molecular weight is 357 g/mol. The minimum atomic E-state index is -0.385. The molecule has 2 aromatic carbocycles. The minimum Gasteiger partial charge on any atom is -0.306 e. The molecule has 4 heteroatoms. The Hall–Kier alpha value is -0.900. The molecule has 2 rings (SSSR count). The van der Waals surface area contributed by atoms with Crippen LogP contribution in [0.3, 0.4) is 0 Å². The summed E-state index contributed by atoms with van der Waals surface area (Å²) < 4.78 is 14.7. The maximum absolute atomic E-state index is 13.7. The maximum Gasteiger partial charge on any atom is 0.142 e. The number of nitrogens with one attached hydrogen (secondary N) is 1. The van der Waals surface area contributed by atoms with Gasteiger partial charge in [-0.05, 0) is 42.3 Å². The molecule has 0 radical (unpaired) electrons. The highest BCUT2D eigenvalue weighted by Crippen LogP contribution is 2.30. The zero-order valence-electron chi connectivity index (χ0n) is 11.2. The van der Waals surface area contributed by atoms with E-state index in [0.29, 0.717) is 0 Å². The third-order valence-corrected chi connectivity index (χ3v) is 4.02. The average Bonchev–Trinajstić information content (AvgIpc) is 2.45. The summed E-state index contributed by atoms with van der Waals surface area (Å²) in [7, 11) is 0. The molecule has 1 atom stereocenters. The van der Waals surface area contributed by atoms with Crippen LogP contribution in [0.1, 0.15) is 30.5 Å². The molecule has 0 spiro atoms. The van der Waals surface area contributed by atoms with Crippen molar-refractivity contribution in [1.82, 2.24) is 5.32 Å². The normalized spacial score (nSPS) is 12.4. The van der Waals surface area contributed by atoms with Crippen LogP contribution in [-0.4, -0.2) is 6.54 Å². The molecule has 1 unspecified atom stereocenters. The van der Waals surface area contributed by atoms with E-state index in [0.717, 1.165) is 28.6 Å². The Morgan fingerprint density at radius 1 is 1.20 bits per heavy atom. The van der Waals surface area contributed by atoms with E-state index in [1.54, 1.807) is 6.07 Å². The smallest absolute Gasteiger partial charge is 0.142 e. The lowest BCUT2D eigenvalue weighted by Crippen LogP contribution is -2.23. The lowest BCUT2D eigenvalue weighted by Gasteiger charge is -2.21. The van der Waals surface area contributed by atoms with Crippen LogP contribution in [-0.2, 0) is 0 Å². The Morgan fingerprint density at radius 3 is 2.55 bits per heavy atom. The largest absolute Gasteiger partial charge is 0.306 e. The molecule has 106 valence electrons. The van der Waals surface area contributed by atoms with E-state index < -0.39 is 0 Å². The summed E-state index contributed by atoms with van der Waals surface area (Å²) in [6, 6.07) is 12.8. The second kappa shape index (κ2) is 7.21. The first-order chi connectivity index (χ1) is 9.63. The van der Waals surface area contributed by atoms with Crippen molar-refractivity contribution in [3.05, 3.63) is 68.9 Å². The van der Waals surface area contributed by atoms with Gasteiger partial charge in [0.25, 0.3) is 0 Å². The van der Waals surface area contributed by atoms with E-state index >= 15 is 0 Å². The number of benzene rings is 2. The predicted octanol–water partition coefficient (Wildman–Crippen LogP) is 5.33. The van der Waals surface area contributed by atoms with Gasteiger partial charge in [0, 0.05) is 4.47 Å². The van der Waals surface area contributed by atoms with Gasteiger partial charge in [0.05, 0.1) is 11.1 Å². The molecule has 0 heterocycles. The number of halogens is 3. The molecule has 0 aliphatic heterocycles. The zero-order valence-corrected chi connectivity index (χ0v) is 13.5. The Bertz CT molecular complexity index is 571. The summed E-state index contributed by atoms with van der Waals surface area (Å²) in [5.41, 5.74) is 1.83. The van der Waals surface area contributed by atoms with Crippen molar-refractivity contribution in [2.75, 3.05) is 6.54 Å². The fraction of sp³-hybridized carbons (Fsp3) is 0.250. The molecule has 1 nitrogen and oxygen atoms in total. The van der Waals surface area contributed by atoms with Gasteiger partial charge >= 0.3 is 0 Å². The van der Waals surface area contributed by atoms with Gasteiger partial charge in [-0.3, -0.25) is 0 Å². The molecule has 0 fully saturated rings. The van der Waals surface area contributed by atoms with Crippen molar-refractivity contribution in [1.29, 1.82) is 0 Å². The van der Waals surface area contributed by atoms with Crippen LogP contribution in [0.4, 0.5) is 4.39 Å². The Balaban J connectivity index is 2.41. The highest BCUT2D eigenvalue weighted by atomic mass is 79.9. The summed E-state index contributed by atoms with van der Waals surface area (Å²) in [6.07, 6.45) is 1.000. The summed E-state index contributed by atoms with van der Waals surface area (Å²) >= 11 is 9.55. The second-order valence-corrected chi connectivity index (χ2v) is 5.88. The Morgan fingerprint density at radius 2 is 1.90 bits per heavy atom. The van der Waals surface area contributed by atoms with E-state index in [4.69, 9.17) is 11.6 Å². The molecule has 0 aliphatic rings. The fourth-order valence-corrected chi connectivity index (χ4v) is 2.59. The summed E-state index contributed by atoms with van der Waals surface area (Å²) in [6.45, 7) is 2.94. The van der Waals surface area contributed by atoms with Gasteiger partial charge in [0.1, 0.15) is 5.82 Å². The van der Waals surface area contributed by atoms with Crippen LogP contribution in [0.2, 0.25) is 5.02 Å². The van der Waals surface area contributed by atoms with E-state index in [2.05, 4.69) is 28.2 Å². The summed E-state index contributed by atoms with van der Waals surface area (Å²) in [5, 5.41) is 3.61. The van der Waals surface area contributed by atoms with Crippen LogP contribution >= 0.6 is 27.5 Å². The standard InChI is InChI=1S/C16H16BrClFN/c1-2-10-20-16(11-6-8-12(17)9-7-11)13-4-3-5-14(19)15(13)18/h3-9,16,20H,2,10H2,1H3. The Labute approximate surface area is 132 Å². The highest BCUT2D eigenvalue weighted by molar-refractivity contribution is 9.10. The molecule has 2 aromatic rings. The lowest BCUT2D eigenvalue weighted by atomic mass is 9.98. The molecule has 20 heavy (non-hydrogen) atoms. The molecule has 0 aliphatic carbocycles. The molecule has 0 amide bonds. The number of rotatable bonds is 5. The summed E-state index contributed by atoms with van der Waals surface area (Å²) in [5.74, 6) is -0.385. The van der Waals surface area contributed by atoms with Crippen molar-refractivity contribution < 1.29 is 4.39 Å². The van der Waals surface area contributed by atoms with Crippen LogP contribution in [0.25, 0.3) is 0 Å². The first-order valence-electron chi connectivity index (χ1n) is 6.56. The third kappa shape index (κ3) is 3.60. The van der Waals surface area contributed by atoms with Gasteiger partial charge in [-0.2, -0.15) is 0 Å². The number of hydrogen-bond acceptors (Lipinski definition) is 1.